The summed E-state index contributed by atoms with van der Waals surface area (Å²) in [6.07, 6.45) is 6.65. The van der Waals surface area contributed by atoms with Gasteiger partial charge in [-0.05, 0) is 24.3 Å². The molecule has 0 saturated heterocycles. The molecule has 0 atom stereocenters. The SMILES string of the molecule is O=C(Nc1cccnc1)Nc1csc(-c2cccnc2)n1. The van der Waals surface area contributed by atoms with Gasteiger partial charge in [-0.3, -0.25) is 15.3 Å². The molecule has 6 nitrogen and oxygen atoms in total. The van der Waals surface area contributed by atoms with Gasteiger partial charge >= 0.3 is 6.03 Å². The fourth-order valence-corrected chi connectivity index (χ4v) is 2.41. The first kappa shape index (κ1) is 13.2. The molecule has 3 aromatic rings. The molecule has 0 aromatic carbocycles. The van der Waals surface area contributed by atoms with Crippen LogP contribution < -0.4 is 10.6 Å². The van der Waals surface area contributed by atoms with Crippen LogP contribution in [0, 0.1) is 0 Å². The zero-order chi connectivity index (χ0) is 14.5. The average Bonchev–Trinajstić information content (AvgIpc) is 2.97. The standard InChI is InChI=1S/C14H11N5OS/c20-14(17-11-4-2-6-16-8-11)19-12-9-21-13(18-12)10-3-1-5-15-7-10/h1-9H,(H2,17,19,20). The molecule has 21 heavy (non-hydrogen) atoms. The molecule has 2 amide bonds. The van der Waals surface area contributed by atoms with Gasteiger partial charge in [0.05, 0.1) is 11.9 Å². The summed E-state index contributed by atoms with van der Waals surface area (Å²) >= 11 is 1.44. The van der Waals surface area contributed by atoms with Gasteiger partial charge in [0.25, 0.3) is 0 Å². The lowest BCUT2D eigenvalue weighted by Crippen LogP contribution is -2.19. The summed E-state index contributed by atoms with van der Waals surface area (Å²) in [7, 11) is 0. The van der Waals surface area contributed by atoms with Crippen molar-refractivity contribution in [3.05, 3.63) is 54.4 Å². The van der Waals surface area contributed by atoms with Gasteiger partial charge < -0.3 is 5.32 Å². The van der Waals surface area contributed by atoms with Crippen LogP contribution in [-0.2, 0) is 0 Å². The number of thiazole rings is 1. The molecule has 0 aliphatic heterocycles. The van der Waals surface area contributed by atoms with E-state index in [9.17, 15) is 4.79 Å². The van der Waals surface area contributed by atoms with E-state index in [4.69, 9.17) is 0 Å². The highest BCUT2D eigenvalue weighted by Gasteiger charge is 2.08. The topological polar surface area (TPSA) is 79.8 Å². The second-order valence-corrected chi connectivity index (χ2v) is 4.96. The largest absolute Gasteiger partial charge is 0.324 e. The molecule has 0 fully saturated rings. The van der Waals surface area contributed by atoms with Crippen LogP contribution in [-0.4, -0.2) is 21.0 Å². The van der Waals surface area contributed by atoms with Crippen molar-refractivity contribution in [3.63, 3.8) is 0 Å². The van der Waals surface area contributed by atoms with E-state index in [1.54, 1.807) is 42.3 Å². The van der Waals surface area contributed by atoms with Gasteiger partial charge in [-0.2, -0.15) is 0 Å². The fourth-order valence-electron chi connectivity index (χ4n) is 1.67. The second-order valence-electron chi connectivity index (χ2n) is 4.10. The van der Waals surface area contributed by atoms with E-state index in [1.165, 1.54) is 11.3 Å². The molecule has 7 heteroatoms. The molecular weight excluding hydrogens is 286 g/mol. The van der Waals surface area contributed by atoms with Crippen molar-refractivity contribution in [1.29, 1.82) is 0 Å². The molecule has 3 rings (SSSR count). The molecule has 0 aliphatic carbocycles. The van der Waals surface area contributed by atoms with Crippen molar-refractivity contribution in [2.24, 2.45) is 0 Å². The number of rotatable bonds is 3. The minimum absolute atomic E-state index is 0.356. The molecule has 0 radical (unpaired) electrons. The number of hydrogen-bond donors (Lipinski definition) is 2. The van der Waals surface area contributed by atoms with Crippen LogP contribution in [0.1, 0.15) is 0 Å². The molecule has 2 N–H and O–H groups in total. The second kappa shape index (κ2) is 6.10. The number of carbonyl (C=O) groups excluding carboxylic acids is 1. The van der Waals surface area contributed by atoms with Gasteiger partial charge in [0, 0.05) is 29.5 Å². The predicted molar refractivity (Wildman–Crippen MR) is 82.2 cm³/mol. The average molecular weight is 297 g/mol. The molecular formula is C14H11N5OS. The van der Waals surface area contributed by atoms with Gasteiger partial charge in [0.2, 0.25) is 0 Å². The van der Waals surface area contributed by atoms with E-state index in [0.717, 1.165) is 10.6 Å². The number of nitrogens with zero attached hydrogens (tertiary/aromatic N) is 3. The smallest absolute Gasteiger partial charge is 0.306 e. The zero-order valence-electron chi connectivity index (χ0n) is 10.9. The maximum atomic E-state index is 11.8. The molecule has 0 saturated carbocycles. The summed E-state index contributed by atoms with van der Waals surface area (Å²) in [6.45, 7) is 0. The van der Waals surface area contributed by atoms with Crippen LogP contribution in [0.2, 0.25) is 0 Å². The summed E-state index contributed by atoms with van der Waals surface area (Å²) in [4.78, 5) is 24.2. The van der Waals surface area contributed by atoms with Crippen molar-refractivity contribution in [1.82, 2.24) is 15.0 Å². The van der Waals surface area contributed by atoms with Crippen LogP contribution in [0.15, 0.2) is 54.4 Å². The van der Waals surface area contributed by atoms with Crippen molar-refractivity contribution in [3.8, 4) is 10.6 Å². The third-order valence-electron chi connectivity index (χ3n) is 2.57. The van der Waals surface area contributed by atoms with Gasteiger partial charge in [-0.1, -0.05) is 0 Å². The van der Waals surface area contributed by atoms with E-state index in [0.29, 0.717) is 11.5 Å². The first-order chi connectivity index (χ1) is 10.3. The lowest BCUT2D eigenvalue weighted by Gasteiger charge is -2.04. The van der Waals surface area contributed by atoms with Crippen LogP contribution in [0.25, 0.3) is 10.6 Å². The lowest BCUT2D eigenvalue weighted by atomic mass is 10.3. The maximum absolute atomic E-state index is 11.8. The molecule has 3 heterocycles. The summed E-state index contributed by atoms with van der Waals surface area (Å²) in [5.41, 5.74) is 1.54. The van der Waals surface area contributed by atoms with Gasteiger partial charge in [0.1, 0.15) is 10.8 Å². The number of pyridine rings is 2. The number of amides is 2. The molecule has 0 bridgehead atoms. The van der Waals surface area contributed by atoms with Gasteiger partial charge in [-0.25, -0.2) is 9.78 Å². The quantitative estimate of drug-likeness (QED) is 0.777. The fraction of sp³-hybridized carbons (Fsp3) is 0. The van der Waals surface area contributed by atoms with Crippen LogP contribution in [0.4, 0.5) is 16.3 Å². The summed E-state index contributed by atoms with van der Waals surface area (Å²) < 4.78 is 0. The monoisotopic (exact) mass is 297 g/mol. The molecule has 3 aromatic heterocycles. The van der Waals surface area contributed by atoms with E-state index >= 15 is 0 Å². The highest BCUT2D eigenvalue weighted by atomic mass is 32.1. The van der Waals surface area contributed by atoms with Crippen LogP contribution in [0.5, 0.6) is 0 Å². The summed E-state index contributed by atoms with van der Waals surface area (Å²) in [5.74, 6) is 0.500. The van der Waals surface area contributed by atoms with Gasteiger partial charge in [0.15, 0.2) is 0 Å². The van der Waals surface area contributed by atoms with Crippen LogP contribution in [0.3, 0.4) is 0 Å². The van der Waals surface area contributed by atoms with Crippen LogP contribution >= 0.6 is 11.3 Å². The third-order valence-corrected chi connectivity index (χ3v) is 3.47. The Balaban J connectivity index is 1.66. The Hall–Kier alpha value is -2.80. The lowest BCUT2D eigenvalue weighted by molar-refractivity contribution is 0.262. The summed E-state index contributed by atoms with van der Waals surface area (Å²) in [6, 6.07) is 6.92. The Labute approximate surface area is 124 Å². The van der Waals surface area contributed by atoms with Crippen molar-refractivity contribution in [2.75, 3.05) is 10.6 Å². The van der Waals surface area contributed by atoms with Crippen molar-refractivity contribution >= 4 is 28.9 Å². The Morgan fingerprint density at radius 2 is 1.86 bits per heavy atom. The Morgan fingerprint density at radius 1 is 1.05 bits per heavy atom. The minimum atomic E-state index is -0.356. The number of carbonyl (C=O) groups is 1. The van der Waals surface area contributed by atoms with E-state index in [1.807, 2.05) is 12.1 Å². The van der Waals surface area contributed by atoms with E-state index in [-0.39, 0.29) is 6.03 Å². The first-order valence-electron chi connectivity index (χ1n) is 6.15. The molecule has 0 unspecified atom stereocenters. The first-order valence-corrected chi connectivity index (χ1v) is 7.03. The Kier molecular flexibility index (Phi) is 3.83. The van der Waals surface area contributed by atoms with E-state index < -0.39 is 0 Å². The Morgan fingerprint density at radius 3 is 2.57 bits per heavy atom. The molecule has 0 aliphatic rings. The number of urea groups is 1. The van der Waals surface area contributed by atoms with E-state index in [2.05, 4.69) is 25.6 Å². The number of nitrogens with one attached hydrogen (secondary N) is 2. The Bertz CT molecular complexity index is 729. The minimum Gasteiger partial charge on any atom is -0.306 e. The summed E-state index contributed by atoms with van der Waals surface area (Å²) in [5, 5.41) is 7.95. The number of hydrogen-bond acceptors (Lipinski definition) is 5. The third kappa shape index (κ3) is 3.40. The predicted octanol–water partition coefficient (Wildman–Crippen LogP) is 3.24. The highest BCUT2D eigenvalue weighted by Crippen LogP contribution is 2.24. The number of aromatic nitrogens is 3. The zero-order valence-corrected chi connectivity index (χ0v) is 11.7. The molecule has 0 spiro atoms. The normalized spacial score (nSPS) is 10.1. The molecule has 104 valence electrons. The maximum Gasteiger partial charge on any atom is 0.324 e. The van der Waals surface area contributed by atoms with Gasteiger partial charge in [-0.15, -0.1) is 11.3 Å². The van der Waals surface area contributed by atoms with Crippen molar-refractivity contribution < 1.29 is 4.79 Å². The highest BCUT2D eigenvalue weighted by molar-refractivity contribution is 7.13. The van der Waals surface area contributed by atoms with Crippen molar-refractivity contribution in [2.45, 2.75) is 0 Å². The number of anilines is 2.